The normalized spacial score (nSPS) is 12.5. The van der Waals surface area contributed by atoms with Crippen LogP contribution in [0.1, 0.15) is 59.8 Å². The molecule has 0 aromatic heterocycles. The number of carbonyl (C=O) groups excluding carboxylic acids is 1. The molecule has 102 valence electrons. The van der Waals surface area contributed by atoms with E-state index in [1.807, 2.05) is 25.7 Å². The molecule has 0 spiro atoms. The van der Waals surface area contributed by atoms with Gasteiger partial charge in [0.2, 0.25) is 5.91 Å². The molecular weight excluding hydrogens is 212 g/mol. The van der Waals surface area contributed by atoms with E-state index in [1.165, 1.54) is 32.1 Å². The lowest BCUT2D eigenvalue weighted by Crippen LogP contribution is -2.45. The lowest BCUT2D eigenvalue weighted by Gasteiger charge is -2.23. The summed E-state index contributed by atoms with van der Waals surface area (Å²) in [6.45, 7) is 10.8. The second kappa shape index (κ2) is 10.6. The number of likely N-dealkylation sites (N-methyl/N-ethyl adjacent to an activating group) is 1. The number of hydrogen-bond acceptors (Lipinski definition) is 2. The summed E-state index contributed by atoms with van der Waals surface area (Å²) in [5.74, 6) is 0.226. The van der Waals surface area contributed by atoms with E-state index < -0.39 is 0 Å². The molecule has 0 aromatic rings. The molecule has 17 heavy (non-hydrogen) atoms. The monoisotopic (exact) mass is 242 g/mol. The Balaban J connectivity index is 3.63. The van der Waals surface area contributed by atoms with Crippen molar-refractivity contribution >= 4 is 5.91 Å². The Bertz CT molecular complexity index is 191. The first-order valence-electron chi connectivity index (χ1n) is 7.19. The molecule has 0 aromatic carbocycles. The predicted molar refractivity (Wildman–Crippen MR) is 74.2 cm³/mol. The highest BCUT2D eigenvalue weighted by Gasteiger charge is 2.16. The Morgan fingerprint density at radius 2 is 1.65 bits per heavy atom. The maximum Gasteiger partial charge on any atom is 0.239 e. The Morgan fingerprint density at radius 3 is 2.18 bits per heavy atom. The number of carbonyl (C=O) groups is 1. The second-order valence-electron chi connectivity index (χ2n) is 4.60. The van der Waals surface area contributed by atoms with E-state index >= 15 is 0 Å². The molecule has 3 nitrogen and oxygen atoms in total. The van der Waals surface area contributed by atoms with Crippen LogP contribution in [-0.4, -0.2) is 36.5 Å². The van der Waals surface area contributed by atoms with Crippen molar-refractivity contribution in [3.8, 4) is 0 Å². The maximum atomic E-state index is 11.9. The van der Waals surface area contributed by atoms with Crippen molar-refractivity contribution in [1.82, 2.24) is 10.2 Å². The van der Waals surface area contributed by atoms with Gasteiger partial charge in [0.25, 0.3) is 0 Å². The molecule has 0 aliphatic heterocycles. The van der Waals surface area contributed by atoms with Crippen molar-refractivity contribution in [3.63, 3.8) is 0 Å². The summed E-state index contributed by atoms with van der Waals surface area (Å²) < 4.78 is 0. The SMILES string of the molecule is CCCCCCCNC(C)C(=O)N(CC)CC. The van der Waals surface area contributed by atoms with Crippen LogP contribution in [0.15, 0.2) is 0 Å². The number of nitrogens with one attached hydrogen (secondary N) is 1. The zero-order valence-corrected chi connectivity index (χ0v) is 12.1. The molecule has 0 aliphatic carbocycles. The van der Waals surface area contributed by atoms with E-state index in [4.69, 9.17) is 0 Å². The quantitative estimate of drug-likeness (QED) is 0.597. The van der Waals surface area contributed by atoms with Crippen LogP contribution < -0.4 is 5.32 Å². The van der Waals surface area contributed by atoms with Crippen LogP contribution in [-0.2, 0) is 4.79 Å². The highest BCUT2D eigenvalue weighted by molar-refractivity contribution is 5.81. The summed E-state index contributed by atoms with van der Waals surface area (Å²) in [5.41, 5.74) is 0. The number of amides is 1. The minimum absolute atomic E-state index is 0.0407. The van der Waals surface area contributed by atoms with E-state index in [0.29, 0.717) is 0 Å². The third-order valence-corrected chi connectivity index (χ3v) is 3.18. The molecule has 1 unspecified atom stereocenters. The van der Waals surface area contributed by atoms with Crippen LogP contribution >= 0.6 is 0 Å². The van der Waals surface area contributed by atoms with Crippen LogP contribution in [0.2, 0.25) is 0 Å². The van der Waals surface area contributed by atoms with E-state index in [-0.39, 0.29) is 11.9 Å². The van der Waals surface area contributed by atoms with Crippen LogP contribution in [0.4, 0.5) is 0 Å². The van der Waals surface area contributed by atoms with Crippen molar-refractivity contribution in [2.45, 2.75) is 65.8 Å². The molecule has 1 N–H and O–H groups in total. The van der Waals surface area contributed by atoms with Crippen LogP contribution in [0.3, 0.4) is 0 Å². The van der Waals surface area contributed by atoms with Crippen LogP contribution in [0.25, 0.3) is 0 Å². The third-order valence-electron chi connectivity index (χ3n) is 3.18. The van der Waals surface area contributed by atoms with Crippen molar-refractivity contribution in [3.05, 3.63) is 0 Å². The molecule has 0 rings (SSSR count). The fourth-order valence-electron chi connectivity index (χ4n) is 1.94. The minimum Gasteiger partial charge on any atom is -0.342 e. The van der Waals surface area contributed by atoms with Gasteiger partial charge in [-0.1, -0.05) is 32.6 Å². The van der Waals surface area contributed by atoms with E-state index in [9.17, 15) is 4.79 Å². The minimum atomic E-state index is -0.0407. The van der Waals surface area contributed by atoms with E-state index in [2.05, 4.69) is 12.2 Å². The molecule has 3 heteroatoms. The van der Waals surface area contributed by atoms with Gasteiger partial charge in [0.1, 0.15) is 0 Å². The Kier molecular flexibility index (Phi) is 10.2. The summed E-state index contributed by atoms with van der Waals surface area (Å²) in [6.07, 6.45) is 6.37. The van der Waals surface area contributed by atoms with Gasteiger partial charge in [-0.05, 0) is 33.7 Å². The summed E-state index contributed by atoms with van der Waals surface area (Å²) in [6, 6.07) is -0.0407. The highest BCUT2D eigenvalue weighted by atomic mass is 16.2. The van der Waals surface area contributed by atoms with Gasteiger partial charge in [-0.25, -0.2) is 0 Å². The molecule has 1 atom stereocenters. The van der Waals surface area contributed by atoms with Crippen molar-refractivity contribution in [1.29, 1.82) is 0 Å². The standard InChI is InChI=1S/C14H30N2O/c1-5-8-9-10-11-12-15-13(4)14(17)16(6-2)7-3/h13,15H,5-12H2,1-4H3. The molecule has 0 aliphatic rings. The molecule has 0 saturated heterocycles. The zero-order chi connectivity index (χ0) is 13.1. The zero-order valence-electron chi connectivity index (χ0n) is 12.1. The third kappa shape index (κ3) is 7.37. The van der Waals surface area contributed by atoms with Gasteiger partial charge in [0, 0.05) is 13.1 Å². The maximum absolute atomic E-state index is 11.9. The summed E-state index contributed by atoms with van der Waals surface area (Å²) in [4.78, 5) is 13.8. The number of unbranched alkanes of at least 4 members (excludes halogenated alkanes) is 4. The summed E-state index contributed by atoms with van der Waals surface area (Å²) in [7, 11) is 0. The fraction of sp³-hybridized carbons (Fsp3) is 0.929. The molecule has 0 radical (unpaired) electrons. The number of nitrogens with zero attached hydrogens (tertiary/aromatic N) is 1. The van der Waals surface area contributed by atoms with E-state index in [1.54, 1.807) is 0 Å². The van der Waals surface area contributed by atoms with Crippen molar-refractivity contribution in [2.24, 2.45) is 0 Å². The van der Waals surface area contributed by atoms with Gasteiger partial charge in [0.15, 0.2) is 0 Å². The molecule has 0 fully saturated rings. The van der Waals surface area contributed by atoms with Gasteiger partial charge in [0.05, 0.1) is 6.04 Å². The molecule has 0 bridgehead atoms. The van der Waals surface area contributed by atoms with Gasteiger partial charge >= 0.3 is 0 Å². The lowest BCUT2D eigenvalue weighted by atomic mass is 10.1. The number of rotatable bonds is 10. The van der Waals surface area contributed by atoms with Crippen LogP contribution in [0.5, 0.6) is 0 Å². The first-order chi connectivity index (χ1) is 8.17. The average Bonchev–Trinajstić information content (AvgIpc) is 2.34. The van der Waals surface area contributed by atoms with Crippen molar-refractivity contribution in [2.75, 3.05) is 19.6 Å². The Morgan fingerprint density at radius 1 is 1.06 bits per heavy atom. The van der Waals surface area contributed by atoms with Gasteiger partial charge in [-0.2, -0.15) is 0 Å². The molecule has 0 heterocycles. The Hall–Kier alpha value is -0.570. The topological polar surface area (TPSA) is 32.3 Å². The van der Waals surface area contributed by atoms with Crippen LogP contribution in [0, 0.1) is 0 Å². The highest BCUT2D eigenvalue weighted by Crippen LogP contribution is 2.02. The summed E-state index contributed by atoms with van der Waals surface area (Å²) >= 11 is 0. The lowest BCUT2D eigenvalue weighted by molar-refractivity contribution is -0.132. The first kappa shape index (κ1) is 16.4. The van der Waals surface area contributed by atoms with E-state index in [0.717, 1.165) is 19.6 Å². The fourth-order valence-corrected chi connectivity index (χ4v) is 1.94. The summed E-state index contributed by atoms with van der Waals surface area (Å²) in [5, 5.41) is 3.32. The predicted octanol–water partition coefficient (Wildman–Crippen LogP) is 2.80. The molecule has 0 saturated carbocycles. The first-order valence-corrected chi connectivity index (χ1v) is 7.19. The largest absolute Gasteiger partial charge is 0.342 e. The number of hydrogen-bond donors (Lipinski definition) is 1. The molecular formula is C14H30N2O. The van der Waals surface area contributed by atoms with Crippen molar-refractivity contribution < 1.29 is 4.79 Å². The smallest absolute Gasteiger partial charge is 0.239 e. The van der Waals surface area contributed by atoms with Gasteiger partial charge in [-0.15, -0.1) is 0 Å². The molecule has 1 amide bonds. The second-order valence-corrected chi connectivity index (χ2v) is 4.60. The van der Waals surface area contributed by atoms with Gasteiger partial charge in [-0.3, -0.25) is 4.79 Å². The average molecular weight is 242 g/mol. The van der Waals surface area contributed by atoms with Gasteiger partial charge < -0.3 is 10.2 Å². The Labute approximate surface area is 107 Å².